The average molecular weight is 294 g/mol. The van der Waals surface area contributed by atoms with Crippen LogP contribution in [0, 0.1) is 5.92 Å². The number of hydrogen-bond donors (Lipinski definition) is 2. The van der Waals surface area contributed by atoms with Crippen LogP contribution in [0.3, 0.4) is 0 Å². The smallest absolute Gasteiger partial charge is 0.239 e. The van der Waals surface area contributed by atoms with Crippen molar-refractivity contribution in [3.63, 3.8) is 0 Å². The van der Waals surface area contributed by atoms with Crippen molar-refractivity contribution in [2.45, 2.75) is 20.3 Å². The van der Waals surface area contributed by atoms with Crippen LogP contribution in [0.4, 0.5) is 5.69 Å². The molecule has 1 aromatic rings. The molecule has 0 fully saturated rings. The van der Waals surface area contributed by atoms with Crippen molar-refractivity contribution in [1.82, 2.24) is 5.32 Å². The van der Waals surface area contributed by atoms with Crippen molar-refractivity contribution in [2.24, 2.45) is 5.92 Å². The van der Waals surface area contributed by atoms with E-state index in [2.05, 4.69) is 24.5 Å². The molecule has 0 bridgehead atoms. The van der Waals surface area contributed by atoms with Crippen LogP contribution in [-0.2, 0) is 9.53 Å². The zero-order valence-electron chi connectivity index (χ0n) is 13.1. The van der Waals surface area contributed by atoms with Crippen LogP contribution in [0.15, 0.2) is 24.3 Å². The minimum absolute atomic E-state index is 0.0572. The number of methoxy groups -OCH3 is 1. The first-order valence-electron chi connectivity index (χ1n) is 7.34. The van der Waals surface area contributed by atoms with Gasteiger partial charge < -0.3 is 20.1 Å². The van der Waals surface area contributed by atoms with E-state index in [-0.39, 0.29) is 12.5 Å². The largest absolute Gasteiger partial charge is 0.494 e. The van der Waals surface area contributed by atoms with Crippen LogP contribution < -0.4 is 15.4 Å². The van der Waals surface area contributed by atoms with Gasteiger partial charge in [0.15, 0.2) is 0 Å². The van der Waals surface area contributed by atoms with Gasteiger partial charge in [0.2, 0.25) is 5.91 Å². The van der Waals surface area contributed by atoms with Gasteiger partial charge in [-0.3, -0.25) is 4.79 Å². The molecule has 0 radical (unpaired) electrons. The molecule has 1 aromatic carbocycles. The Morgan fingerprint density at radius 3 is 2.81 bits per heavy atom. The number of amides is 1. The normalized spacial score (nSPS) is 10.5. The zero-order valence-corrected chi connectivity index (χ0v) is 13.1. The fourth-order valence-electron chi connectivity index (χ4n) is 1.65. The number of carbonyl (C=O) groups is 1. The molecule has 0 spiro atoms. The van der Waals surface area contributed by atoms with Crippen molar-refractivity contribution in [1.29, 1.82) is 0 Å². The molecule has 1 amide bonds. The van der Waals surface area contributed by atoms with E-state index >= 15 is 0 Å². The van der Waals surface area contributed by atoms with Gasteiger partial charge in [0.05, 0.1) is 19.8 Å². The number of benzene rings is 1. The lowest BCUT2D eigenvalue weighted by Gasteiger charge is -2.11. The van der Waals surface area contributed by atoms with Gasteiger partial charge in [0, 0.05) is 25.4 Å². The van der Waals surface area contributed by atoms with Crippen LogP contribution in [-0.4, -0.2) is 39.3 Å². The minimum atomic E-state index is -0.0572. The second-order valence-corrected chi connectivity index (χ2v) is 5.26. The van der Waals surface area contributed by atoms with Crippen LogP contribution in [0.2, 0.25) is 0 Å². The van der Waals surface area contributed by atoms with E-state index in [1.807, 2.05) is 24.3 Å². The van der Waals surface area contributed by atoms with Crippen LogP contribution in [0.5, 0.6) is 5.75 Å². The third-order valence-electron chi connectivity index (χ3n) is 2.88. The molecule has 2 N–H and O–H groups in total. The summed E-state index contributed by atoms with van der Waals surface area (Å²) in [4.78, 5) is 11.6. The standard InChI is InChI=1S/C16H26N2O3/c1-13(2)7-9-21-15-6-4-5-14(11-15)18-12-16(19)17-8-10-20-3/h4-6,11,13,18H,7-10,12H2,1-3H3,(H,17,19). The van der Waals surface area contributed by atoms with E-state index < -0.39 is 0 Å². The summed E-state index contributed by atoms with van der Waals surface area (Å²) < 4.78 is 10.6. The molecule has 0 aliphatic heterocycles. The monoisotopic (exact) mass is 294 g/mol. The van der Waals surface area contributed by atoms with E-state index in [9.17, 15) is 4.79 Å². The van der Waals surface area contributed by atoms with Gasteiger partial charge in [-0.05, 0) is 24.5 Å². The molecular formula is C16H26N2O3. The van der Waals surface area contributed by atoms with Crippen LogP contribution in [0.1, 0.15) is 20.3 Å². The van der Waals surface area contributed by atoms with E-state index in [1.165, 1.54) is 0 Å². The van der Waals surface area contributed by atoms with Gasteiger partial charge >= 0.3 is 0 Å². The highest BCUT2D eigenvalue weighted by atomic mass is 16.5. The molecular weight excluding hydrogens is 268 g/mol. The van der Waals surface area contributed by atoms with Gasteiger partial charge in [-0.25, -0.2) is 0 Å². The lowest BCUT2D eigenvalue weighted by molar-refractivity contribution is -0.119. The number of anilines is 1. The summed E-state index contributed by atoms with van der Waals surface area (Å²) in [6.45, 7) is 6.32. The van der Waals surface area contributed by atoms with Crippen molar-refractivity contribution < 1.29 is 14.3 Å². The van der Waals surface area contributed by atoms with E-state index in [0.29, 0.717) is 25.7 Å². The van der Waals surface area contributed by atoms with Gasteiger partial charge in [0.1, 0.15) is 5.75 Å². The van der Waals surface area contributed by atoms with Crippen molar-refractivity contribution in [2.75, 3.05) is 38.7 Å². The summed E-state index contributed by atoms with van der Waals surface area (Å²) in [6.07, 6.45) is 1.03. The first kappa shape index (κ1) is 17.3. The summed E-state index contributed by atoms with van der Waals surface area (Å²) >= 11 is 0. The number of rotatable bonds is 10. The molecule has 0 saturated heterocycles. The molecule has 0 unspecified atom stereocenters. The number of carbonyl (C=O) groups excluding carboxylic acids is 1. The SMILES string of the molecule is COCCNC(=O)CNc1cccc(OCCC(C)C)c1. The first-order chi connectivity index (χ1) is 10.1. The minimum Gasteiger partial charge on any atom is -0.494 e. The van der Waals surface area contributed by atoms with Crippen molar-refractivity contribution >= 4 is 11.6 Å². The quantitative estimate of drug-likeness (QED) is 0.650. The highest BCUT2D eigenvalue weighted by Crippen LogP contribution is 2.17. The average Bonchev–Trinajstić information content (AvgIpc) is 2.45. The Morgan fingerprint density at radius 2 is 2.10 bits per heavy atom. The van der Waals surface area contributed by atoms with E-state index in [1.54, 1.807) is 7.11 Å². The Kier molecular flexibility index (Phi) is 8.28. The third-order valence-corrected chi connectivity index (χ3v) is 2.88. The molecule has 5 heteroatoms. The number of hydrogen-bond acceptors (Lipinski definition) is 4. The van der Waals surface area contributed by atoms with Crippen LogP contribution >= 0.6 is 0 Å². The predicted molar refractivity (Wildman–Crippen MR) is 84.8 cm³/mol. The lowest BCUT2D eigenvalue weighted by Crippen LogP contribution is -2.32. The molecule has 0 aliphatic carbocycles. The van der Waals surface area contributed by atoms with Gasteiger partial charge in [0.25, 0.3) is 0 Å². The Bertz CT molecular complexity index is 422. The fourth-order valence-corrected chi connectivity index (χ4v) is 1.65. The molecule has 21 heavy (non-hydrogen) atoms. The molecule has 0 saturated carbocycles. The van der Waals surface area contributed by atoms with Crippen molar-refractivity contribution in [3.05, 3.63) is 24.3 Å². The first-order valence-corrected chi connectivity index (χ1v) is 7.34. The van der Waals surface area contributed by atoms with E-state index in [4.69, 9.17) is 9.47 Å². The predicted octanol–water partition coefficient (Wildman–Crippen LogP) is 2.29. The fraction of sp³-hybridized carbons (Fsp3) is 0.562. The number of nitrogens with one attached hydrogen (secondary N) is 2. The highest BCUT2D eigenvalue weighted by Gasteiger charge is 2.02. The molecule has 1 rings (SSSR count). The van der Waals surface area contributed by atoms with Gasteiger partial charge in [-0.2, -0.15) is 0 Å². The Morgan fingerprint density at radius 1 is 1.29 bits per heavy atom. The second-order valence-electron chi connectivity index (χ2n) is 5.26. The highest BCUT2D eigenvalue weighted by molar-refractivity contribution is 5.80. The molecule has 118 valence electrons. The van der Waals surface area contributed by atoms with E-state index in [0.717, 1.165) is 17.9 Å². The Labute approximate surface area is 127 Å². The zero-order chi connectivity index (χ0) is 15.5. The lowest BCUT2D eigenvalue weighted by atomic mass is 10.1. The summed E-state index contributed by atoms with van der Waals surface area (Å²) in [5.41, 5.74) is 0.874. The summed E-state index contributed by atoms with van der Waals surface area (Å²) in [7, 11) is 1.61. The van der Waals surface area contributed by atoms with Crippen molar-refractivity contribution in [3.8, 4) is 5.75 Å². The molecule has 0 aliphatic rings. The van der Waals surface area contributed by atoms with Crippen LogP contribution in [0.25, 0.3) is 0 Å². The summed E-state index contributed by atoms with van der Waals surface area (Å²) in [5, 5.41) is 5.84. The molecule has 0 heterocycles. The molecule has 0 aromatic heterocycles. The molecule has 0 atom stereocenters. The maximum absolute atomic E-state index is 11.6. The van der Waals surface area contributed by atoms with Gasteiger partial charge in [-0.15, -0.1) is 0 Å². The number of ether oxygens (including phenoxy) is 2. The third kappa shape index (κ3) is 8.19. The topological polar surface area (TPSA) is 59.6 Å². The summed E-state index contributed by atoms with van der Waals surface area (Å²) in [6, 6.07) is 7.65. The Hall–Kier alpha value is -1.75. The van der Waals surface area contributed by atoms with Gasteiger partial charge in [-0.1, -0.05) is 19.9 Å². The maximum Gasteiger partial charge on any atom is 0.239 e. The second kappa shape index (κ2) is 10.0. The maximum atomic E-state index is 11.6. The molecule has 5 nitrogen and oxygen atoms in total. The summed E-state index contributed by atoms with van der Waals surface area (Å²) in [5.74, 6) is 1.39. The Balaban J connectivity index is 2.33.